The molecule has 0 saturated carbocycles. The van der Waals surface area contributed by atoms with Crippen molar-refractivity contribution in [2.24, 2.45) is 11.8 Å². The molecule has 1 aromatic rings. The smallest absolute Gasteiger partial charge is 0.221 e. The molecule has 0 bridgehead atoms. The van der Waals surface area contributed by atoms with Crippen LogP contribution in [0.1, 0.15) is 27.2 Å². The van der Waals surface area contributed by atoms with Crippen LogP contribution in [0.3, 0.4) is 0 Å². The standard InChI is InChI=1S/C19H28N2O5S2/c1-13-8-14(2)10-21(9-13)18-11-27(23,24)12-19(18)28(25,26)17-6-4-16(5-7-17)20-15(3)22/h4-7,13-14,18-19H,8-12H2,1-3H3,(H,20,22)/t13-,14+,18-,19-/m0/s1. The first kappa shape index (κ1) is 21.3. The van der Waals surface area contributed by atoms with E-state index in [9.17, 15) is 21.6 Å². The zero-order valence-electron chi connectivity index (χ0n) is 16.5. The topological polar surface area (TPSA) is 101 Å². The Labute approximate surface area is 167 Å². The fraction of sp³-hybridized carbons (Fsp3) is 0.632. The molecule has 9 heteroatoms. The first-order chi connectivity index (χ1) is 13.0. The summed E-state index contributed by atoms with van der Waals surface area (Å²) >= 11 is 0. The van der Waals surface area contributed by atoms with E-state index in [4.69, 9.17) is 0 Å². The molecule has 0 aromatic heterocycles. The Bertz CT molecular complexity index is 931. The third-order valence-corrected chi connectivity index (χ3v) is 9.67. The Morgan fingerprint density at radius 1 is 1.07 bits per heavy atom. The summed E-state index contributed by atoms with van der Waals surface area (Å²) < 4.78 is 51.3. The Kier molecular flexibility index (Phi) is 5.89. The number of piperidine rings is 1. The van der Waals surface area contributed by atoms with Gasteiger partial charge < -0.3 is 5.32 Å². The molecule has 0 aliphatic carbocycles. The largest absolute Gasteiger partial charge is 0.326 e. The van der Waals surface area contributed by atoms with Crippen molar-refractivity contribution in [3.8, 4) is 0 Å². The van der Waals surface area contributed by atoms with E-state index in [0.29, 0.717) is 17.5 Å². The van der Waals surface area contributed by atoms with E-state index in [-0.39, 0.29) is 22.3 Å². The number of benzene rings is 1. The normalized spacial score (nSPS) is 30.8. The highest BCUT2D eigenvalue weighted by molar-refractivity contribution is 7.96. The number of carbonyl (C=O) groups excluding carboxylic acids is 1. The van der Waals surface area contributed by atoms with Crippen LogP contribution in [0.25, 0.3) is 0 Å². The molecule has 28 heavy (non-hydrogen) atoms. The maximum absolute atomic E-state index is 13.3. The molecule has 2 aliphatic rings. The van der Waals surface area contributed by atoms with Gasteiger partial charge in [0.05, 0.1) is 21.7 Å². The number of sulfone groups is 2. The van der Waals surface area contributed by atoms with Crippen LogP contribution in [0.2, 0.25) is 0 Å². The van der Waals surface area contributed by atoms with Crippen LogP contribution in [0.5, 0.6) is 0 Å². The van der Waals surface area contributed by atoms with Crippen molar-refractivity contribution in [1.82, 2.24) is 4.90 Å². The molecular formula is C19H28N2O5S2. The maximum Gasteiger partial charge on any atom is 0.221 e. The molecule has 2 heterocycles. The van der Waals surface area contributed by atoms with E-state index in [1.807, 2.05) is 0 Å². The van der Waals surface area contributed by atoms with Crippen molar-refractivity contribution in [3.05, 3.63) is 24.3 Å². The van der Waals surface area contributed by atoms with Gasteiger partial charge in [-0.25, -0.2) is 16.8 Å². The monoisotopic (exact) mass is 428 g/mol. The van der Waals surface area contributed by atoms with Gasteiger partial charge >= 0.3 is 0 Å². The number of likely N-dealkylation sites (tertiary alicyclic amines) is 1. The minimum absolute atomic E-state index is 0.0896. The van der Waals surface area contributed by atoms with Gasteiger partial charge in [0, 0.05) is 31.7 Å². The minimum atomic E-state index is -3.82. The van der Waals surface area contributed by atoms with Gasteiger partial charge in [0.25, 0.3) is 0 Å². The lowest BCUT2D eigenvalue weighted by molar-refractivity contribution is -0.114. The predicted molar refractivity (Wildman–Crippen MR) is 109 cm³/mol. The molecule has 4 atom stereocenters. The van der Waals surface area contributed by atoms with Crippen LogP contribution in [-0.4, -0.2) is 63.5 Å². The zero-order chi connectivity index (χ0) is 20.7. The summed E-state index contributed by atoms with van der Waals surface area (Å²) in [5.41, 5.74) is 0.501. The number of hydrogen-bond donors (Lipinski definition) is 1. The highest BCUT2D eigenvalue weighted by Crippen LogP contribution is 2.33. The highest BCUT2D eigenvalue weighted by atomic mass is 32.2. The van der Waals surface area contributed by atoms with Crippen LogP contribution in [0.4, 0.5) is 5.69 Å². The molecule has 3 rings (SSSR count). The fourth-order valence-corrected chi connectivity index (χ4v) is 9.35. The molecular weight excluding hydrogens is 400 g/mol. The van der Waals surface area contributed by atoms with Gasteiger partial charge in [-0.3, -0.25) is 9.69 Å². The maximum atomic E-state index is 13.3. The first-order valence-corrected chi connectivity index (χ1v) is 12.9. The van der Waals surface area contributed by atoms with Crippen molar-refractivity contribution in [2.75, 3.05) is 29.9 Å². The minimum Gasteiger partial charge on any atom is -0.326 e. The molecule has 2 saturated heterocycles. The summed E-state index contributed by atoms with van der Waals surface area (Å²) in [5.74, 6) is 0.123. The zero-order valence-corrected chi connectivity index (χ0v) is 18.1. The molecule has 1 amide bonds. The Morgan fingerprint density at radius 2 is 1.64 bits per heavy atom. The average molecular weight is 429 g/mol. The summed E-state index contributed by atoms with van der Waals surface area (Å²) in [4.78, 5) is 13.3. The van der Waals surface area contributed by atoms with Gasteiger partial charge in [0.15, 0.2) is 19.7 Å². The summed E-state index contributed by atoms with van der Waals surface area (Å²) in [6.07, 6.45) is 1.07. The third-order valence-electron chi connectivity index (χ3n) is 5.54. The third kappa shape index (κ3) is 4.58. The van der Waals surface area contributed by atoms with Gasteiger partial charge in [-0.2, -0.15) is 0 Å². The van der Waals surface area contributed by atoms with Gasteiger partial charge in [-0.15, -0.1) is 0 Å². The van der Waals surface area contributed by atoms with E-state index >= 15 is 0 Å². The summed E-state index contributed by atoms with van der Waals surface area (Å²) in [6.45, 7) is 7.06. The number of carbonyl (C=O) groups is 1. The van der Waals surface area contributed by atoms with Crippen molar-refractivity contribution >= 4 is 31.3 Å². The number of hydrogen-bond acceptors (Lipinski definition) is 6. The first-order valence-electron chi connectivity index (χ1n) is 9.54. The van der Waals surface area contributed by atoms with Gasteiger partial charge in [-0.1, -0.05) is 13.8 Å². The average Bonchev–Trinajstić information content (AvgIpc) is 2.90. The molecule has 0 radical (unpaired) electrons. The van der Waals surface area contributed by atoms with Crippen molar-refractivity contribution in [1.29, 1.82) is 0 Å². The summed E-state index contributed by atoms with van der Waals surface area (Å²) in [6, 6.07) is 5.40. The van der Waals surface area contributed by atoms with Gasteiger partial charge in [0.2, 0.25) is 5.91 Å². The van der Waals surface area contributed by atoms with Crippen LogP contribution < -0.4 is 5.32 Å². The van der Waals surface area contributed by atoms with Gasteiger partial charge in [0.1, 0.15) is 0 Å². The molecule has 1 N–H and O–H groups in total. The molecule has 0 spiro atoms. The van der Waals surface area contributed by atoms with Crippen molar-refractivity contribution in [2.45, 2.75) is 43.4 Å². The number of nitrogens with one attached hydrogen (secondary N) is 1. The quantitative estimate of drug-likeness (QED) is 0.781. The Morgan fingerprint density at radius 3 is 2.18 bits per heavy atom. The molecule has 0 unspecified atom stereocenters. The van der Waals surface area contributed by atoms with E-state index < -0.39 is 31.0 Å². The van der Waals surface area contributed by atoms with Crippen LogP contribution >= 0.6 is 0 Å². The molecule has 7 nitrogen and oxygen atoms in total. The highest BCUT2D eigenvalue weighted by Gasteiger charge is 2.49. The number of nitrogens with zero attached hydrogens (tertiary/aromatic N) is 1. The SMILES string of the molecule is CC(=O)Nc1ccc(S(=O)(=O)[C@H]2CS(=O)(=O)C[C@@H]2N2C[C@H](C)C[C@H](C)C2)cc1. The van der Waals surface area contributed by atoms with E-state index in [0.717, 1.165) is 19.5 Å². The van der Waals surface area contributed by atoms with Crippen molar-refractivity contribution < 1.29 is 21.6 Å². The van der Waals surface area contributed by atoms with Gasteiger partial charge in [-0.05, 0) is 42.5 Å². The molecule has 1 aromatic carbocycles. The van der Waals surface area contributed by atoms with Crippen LogP contribution in [0, 0.1) is 11.8 Å². The second kappa shape index (κ2) is 7.76. The number of amides is 1. The number of rotatable bonds is 4. The van der Waals surface area contributed by atoms with E-state index in [2.05, 4.69) is 24.1 Å². The lowest BCUT2D eigenvalue weighted by Crippen LogP contribution is -2.51. The predicted octanol–water partition coefficient (Wildman–Crippen LogP) is 1.56. The van der Waals surface area contributed by atoms with Crippen LogP contribution in [0.15, 0.2) is 29.2 Å². The van der Waals surface area contributed by atoms with Crippen molar-refractivity contribution in [3.63, 3.8) is 0 Å². The molecule has 2 fully saturated rings. The van der Waals surface area contributed by atoms with E-state index in [1.165, 1.54) is 31.2 Å². The Balaban J connectivity index is 1.90. The lowest BCUT2D eigenvalue weighted by atomic mass is 9.91. The Hall–Kier alpha value is -1.45. The fourth-order valence-electron chi connectivity index (χ4n) is 4.52. The molecule has 156 valence electrons. The van der Waals surface area contributed by atoms with Crippen LogP contribution in [-0.2, 0) is 24.5 Å². The van der Waals surface area contributed by atoms with E-state index in [1.54, 1.807) is 0 Å². The summed E-state index contributed by atoms with van der Waals surface area (Å²) in [7, 11) is -7.24. The second-order valence-electron chi connectivity index (χ2n) is 8.33. The lowest BCUT2D eigenvalue weighted by Gasteiger charge is -2.40. The second-order valence-corrected chi connectivity index (χ2v) is 12.7. The number of anilines is 1. The summed E-state index contributed by atoms with van der Waals surface area (Å²) in [5, 5.41) is 1.63. The molecule has 2 aliphatic heterocycles.